The quantitative estimate of drug-likeness (QED) is 0.417. The Morgan fingerprint density at radius 2 is 1.95 bits per heavy atom. The molecule has 0 bridgehead atoms. The lowest BCUT2D eigenvalue weighted by Crippen LogP contribution is -2.38. The van der Waals surface area contributed by atoms with Gasteiger partial charge in [-0.25, -0.2) is 4.79 Å². The molecule has 108 valence electrons. The van der Waals surface area contributed by atoms with Crippen molar-refractivity contribution in [1.82, 2.24) is 0 Å². The molecule has 0 spiro atoms. The van der Waals surface area contributed by atoms with Gasteiger partial charge in [-0.3, -0.25) is 4.79 Å². The summed E-state index contributed by atoms with van der Waals surface area (Å²) >= 11 is 2.17. The minimum atomic E-state index is -1.78. The highest BCUT2D eigenvalue weighted by atomic mass is 127. The highest BCUT2D eigenvalue weighted by Gasteiger charge is 2.46. The number of ketones is 1. The smallest absolute Gasteiger partial charge is 0.343 e. The van der Waals surface area contributed by atoms with Gasteiger partial charge in [-0.05, 0) is 40.3 Å². The SMILES string of the molecule is O=C1O[C@H]([C@H](CO)OCc2ccc(I)cc2)C(=O)C1O. The Balaban J connectivity index is 1.97. The van der Waals surface area contributed by atoms with Crippen LogP contribution in [0.4, 0.5) is 0 Å². The molecule has 1 unspecified atom stereocenters. The normalized spacial score (nSPS) is 23.8. The number of carbonyl (C=O) groups is 2. The van der Waals surface area contributed by atoms with Gasteiger partial charge in [-0.15, -0.1) is 0 Å². The molecule has 6 nitrogen and oxygen atoms in total. The van der Waals surface area contributed by atoms with Gasteiger partial charge in [-0.2, -0.15) is 0 Å². The third kappa shape index (κ3) is 3.35. The highest BCUT2D eigenvalue weighted by Crippen LogP contribution is 2.18. The van der Waals surface area contributed by atoms with Crippen LogP contribution < -0.4 is 0 Å². The largest absolute Gasteiger partial charge is 0.449 e. The zero-order valence-corrected chi connectivity index (χ0v) is 12.5. The van der Waals surface area contributed by atoms with Gasteiger partial charge in [0, 0.05) is 3.57 Å². The maximum absolute atomic E-state index is 11.6. The number of aliphatic hydroxyl groups is 2. The van der Waals surface area contributed by atoms with Gasteiger partial charge in [0.25, 0.3) is 0 Å². The van der Waals surface area contributed by atoms with Gasteiger partial charge < -0.3 is 19.7 Å². The molecular formula is C13H13IO6. The zero-order chi connectivity index (χ0) is 14.7. The number of carbonyl (C=O) groups excluding carboxylic acids is 2. The summed E-state index contributed by atoms with van der Waals surface area (Å²) in [5, 5.41) is 18.5. The molecule has 1 aliphatic heterocycles. The number of aliphatic hydroxyl groups excluding tert-OH is 2. The lowest BCUT2D eigenvalue weighted by Gasteiger charge is -2.19. The number of halogens is 1. The Labute approximate surface area is 128 Å². The molecule has 20 heavy (non-hydrogen) atoms. The van der Waals surface area contributed by atoms with E-state index in [1.165, 1.54) is 0 Å². The second kappa shape index (κ2) is 6.61. The minimum Gasteiger partial charge on any atom is -0.449 e. The predicted octanol–water partition coefficient (Wildman–Crippen LogP) is 0.0241. The van der Waals surface area contributed by atoms with Gasteiger partial charge in [-0.1, -0.05) is 12.1 Å². The summed E-state index contributed by atoms with van der Waals surface area (Å²) in [7, 11) is 0. The summed E-state index contributed by atoms with van der Waals surface area (Å²) in [6, 6.07) is 7.51. The minimum absolute atomic E-state index is 0.166. The second-order valence-corrected chi connectivity index (χ2v) is 5.57. The van der Waals surface area contributed by atoms with Crippen molar-refractivity contribution in [3.05, 3.63) is 33.4 Å². The van der Waals surface area contributed by atoms with Crippen LogP contribution in [0.2, 0.25) is 0 Å². The number of cyclic esters (lactones) is 1. The van der Waals surface area contributed by atoms with Crippen molar-refractivity contribution >= 4 is 34.3 Å². The van der Waals surface area contributed by atoms with Crippen LogP contribution >= 0.6 is 22.6 Å². The first-order valence-electron chi connectivity index (χ1n) is 5.92. The highest BCUT2D eigenvalue weighted by molar-refractivity contribution is 14.1. The number of hydrogen-bond donors (Lipinski definition) is 2. The molecule has 0 aliphatic carbocycles. The van der Waals surface area contributed by atoms with E-state index in [4.69, 9.17) is 9.47 Å². The number of rotatable bonds is 5. The third-order valence-corrected chi connectivity index (χ3v) is 3.63. The number of Topliss-reactive ketones (excluding diaryl/α,β-unsaturated/α-hetero) is 1. The molecule has 1 aromatic carbocycles. The zero-order valence-electron chi connectivity index (χ0n) is 10.4. The molecule has 1 fully saturated rings. The Bertz CT molecular complexity index is 500. The van der Waals surface area contributed by atoms with E-state index in [9.17, 15) is 19.8 Å². The molecule has 0 saturated carbocycles. The average Bonchev–Trinajstić information content (AvgIpc) is 2.70. The second-order valence-electron chi connectivity index (χ2n) is 4.32. The van der Waals surface area contributed by atoms with Crippen molar-refractivity contribution in [1.29, 1.82) is 0 Å². The van der Waals surface area contributed by atoms with Gasteiger partial charge in [0.15, 0.2) is 6.10 Å². The van der Waals surface area contributed by atoms with E-state index in [-0.39, 0.29) is 6.61 Å². The fraction of sp³-hybridized carbons (Fsp3) is 0.385. The molecule has 2 rings (SSSR count). The Morgan fingerprint density at radius 3 is 2.45 bits per heavy atom. The average molecular weight is 392 g/mol. The molecule has 3 atom stereocenters. The summed E-state index contributed by atoms with van der Waals surface area (Å²) in [6.45, 7) is -0.319. The summed E-state index contributed by atoms with van der Waals surface area (Å²) in [4.78, 5) is 22.7. The number of hydrogen-bond acceptors (Lipinski definition) is 6. The lowest BCUT2D eigenvalue weighted by atomic mass is 10.1. The number of ether oxygens (including phenoxy) is 2. The predicted molar refractivity (Wildman–Crippen MR) is 75.7 cm³/mol. The van der Waals surface area contributed by atoms with Gasteiger partial charge in [0.05, 0.1) is 13.2 Å². The summed E-state index contributed by atoms with van der Waals surface area (Å²) in [6.07, 6.45) is -4.02. The maximum Gasteiger partial charge on any atom is 0.343 e. The van der Waals surface area contributed by atoms with E-state index in [2.05, 4.69) is 22.6 Å². The molecule has 1 aromatic rings. The number of benzene rings is 1. The molecule has 1 heterocycles. The first-order valence-corrected chi connectivity index (χ1v) is 7.00. The standard InChI is InChI=1S/C13H13IO6/c14-8-3-1-7(2-4-8)6-19-9(5-15)12-10(16)11(17)13(18)20-12/h1-4,9,11-12,15,17H,5-6H2/t9-,11?,12+/m0/s1. The van der Waals surface area contributed by atoms with Crippen LogP contribution in [0.25, 0.3) is 0 Å². The monoisotopic (exact) mass is 392 g/mol. The Kier molecular flexibility index (Phi) is 5.08. The van der Waals surface area contributed by atoms with Crippen LogP contribution in [0.3, 0.4) is 0 Å². The van der Waals surface area contributed by atoms with E-state index in [1.807, 2.05) is 24.3 Å². The van der Waals surface area contributed by atoms with Gasteiger partial charge in [0.2, 0.25) is 11.9 Å². The van der Waals surface area contributed by atoms with Crippen LogP contribution in [-0.4, -0.2) is 46.9 Å². The first kappa shape index (κ1) is 15.4. The summed E-state index contributed by atoms with van der Waals surface area (Å²) in [5.41, 5.74) is 0.862. The van der Waals surface area contributed by atoms with Crippen molar-refractivity contribution in [2.24, 2.45) is 0 Å². The van der Waals surface area contributed by atoms with Crippen molar-refractivity contribution in [2.45, 2.75) is 24.9 Å². The topological polar surface area (TPSA) is 93.1 Å². The van der Waals surface area contributed by atoms with Gasteiger partial charge in [0.1, 0.15) is 6.10 Å². The van der Waals surface area contributed by atoms with Crippen molar-refractivity contribution in [3.8, 4) is 0 Å². The lowest BCUT2D eigenvalue weighted by molar-refractivity contribution is -0.154. The summed E-state index contributed by atoms with van der Waals surface area (Å²) in [5.74, 6) is -1.78. The maximum atomic E-state index is 11.6. The van der Waals surface area contributed by atoms with Crippen LogP contribution in [-0.2, 0) is 25.7 Å². The molecule has 2 N–H and O–H groups in total. The molecule has 1 saturated heterocycles. The Morgan fingerprint density at radius 1 is 1.30 bits per heavy atom. The molecule has 0 radical (unpaired) electrons. The van der Waals surface area contributed by atoms with E-state index >= 15 is 0 Å². The van der Waals surface area contributed by atoms with Crippen molar-refractivity contribution in [2.75, 3.05) is 6.61 Å². The first-order chi connectivity index (χ1) is 9.52. The fourth-order valence-electron chi connectivity index (χ4n) is 1.80. The summed E-state index contributed by atoms with van der Waals surface area (Å²) < 4.78 is 11.2. The molecule has 0 amide bonds. The van der Waals surface area contributed by atoms with E-state index < -0.39 is 36.7 Å². The molecule has 0 aromatic heterocycles. The van der Waals surface area contributed by atoms with Crippen LogP contribution in [0, 0.1) is 3.57 Å². The van der Waals surface area contributed by atoms with E-state index in [0.29, 0.717) is 0 Å². The van der Waals surface area contributed by atoms with E-state index in [1.54, 1.807) is 0 Å². The molecule has 7 heteroatoms. The fourth-order valence-corrected chi connectivity index (χ4v) is 2.16. The third-order valence-electron chi connectivity index (χ3n) is 2.91. The van der Waals surface area contributed by atoms with Crippen LogP contribution in [0.15, 0.2) is 24.3 Å². The van der Waals surface area contributed by atoms with E-state index in [0.717, 1.165) is 9.13 Å². The van der Waals surface area contributed by atoms with Crippen molar-refractivity contribution < 1.29 is 29.3 Å². The van der Waals surface area contributed by atoms with Crippen LogP contribution in [0.5, 0.6) is 0 Å². The van der Waals surface area contributed by atoms with Gasteiger partial charge >= 0.3 is 5.97 Å². The molecule has 1 aliphatic rings. The van der Waals surface area contributed by atoms with Crippen LogP contribution in [0.1, 0.15) is 5.56 Å². The number of esters is 1. The molecular weight excluding hydrogens is 379 g/mol. The van der Waals surface area contributed by atoms with Crippen molar-refractivity contribution in [3.63, 3.8) is 0 Å². The Hall–Kier alpha value is -1.03.